The molecule has 0 radical (unpaired) electrons. The van der Waals surface area contributed by atoms with E-state index in [1.54, 1.807) is 0 Å². The molecule has 0 rings (SSSR count). The van der Waals surface area contributed by atoms with Crippen LogP contribution in [0.2, 0.25) is 0 Å². The Morgan fingerprint density at radius 3 is 1.12 bits per heavy atom. The van der Waals surface area contributed by atoms with E-state index < -0.39 is 10.4 Å². The first-order valence-corrected chi connectivity index (χ1v) is 2.10. The Balaban J connectivity index is -0.0000000267. The summed E-state index contributed by atoms with van der Waals surface area (Å²) in [5, 5.41) is 0. The van der Waals surface area contributed by atoms with Gasteiger partial charge in [-0.1, -0.05) is 0 Å². The number of hydrogen-bond donors (Lipinski definition) is 2. The van der Waals surface area contributed by atoms with Gasteiger partial charge in [-0.15, -0.1) is 0 Å². The minimum Gasteiger partial charge on any atom is 0 e. The fraction of sp³-hybridized carbons (Fsp3) is 0. The van der Waals surface area contributed by atoms with Crippen molar-refractivity contribution in [3.63, 3.8) is 0 Å². The van der Waals surface area contributed by atoms with E-state index >= 15 is 0 Å². The summed E-state index contributed by atoms with van der Waals surface area (Å²) in [6.07, 6.45) is 0. The fourth-order valence-corrected chi connectivity index (χ4v) is 0. The molecule has 0 aromatic carbocycles. The number of rotatable bonds is 0. The minimum absolute atomic E-state index is 0. The molecule has 8 heteroatoms. The van der Waals surface area contributed by atoms with Gasteiger partial charge >= 0.3 is 61.8 Å². The predicted octanol–water partition coefficient (Wildman–Crippen LogP) is -2.13. The maximum Gasteiger partial charge on any atom is 0 e. The van der Waals surface area contributed by atoms with Crippen molar-refractivity contribution in [2.24, 2.45) is 0 Å². The second kappa shape index (κ2) is 8.96. The Morgan fingerprint density at radius 1 is 1.12 bits per heavy atom. The third-order valence-corrected chi connectivity index (χ3v) is 0. The van der Waals surface area contributed by atoms with Gasteiger partial charge in [0.1, 0.15) is 0 Å². The van der Waals surface area contributed by atoms with Crippen LogP contribution in [0, 0.1) is 0 Å². The van der Waals surface area contributed by atoms with Crippen LogP contribution >= 0.6 is 0 Å². The maximum absolute atomic E-state index is 8.74. The predicted molar refractivity (Wildman–Crippen MR) is 24.9 cm³/mol. The van der Waals surface area contributed by atoms with E-state index in [0.717, 1.165) is 0 Å². The van der Waals surface area contributed by atoms with Crippen LogP contribution in [0.5, 0.6) is 0 Å². The van der Waals surface area contributed by atoms with E-state index in [9.17, 15) is 0 Å². The average Bonchev–Trinajstić information content (AvgIpc) is 0.722. The van der Waals surface area contributed by atoms with Gasteiger partial charge in [-0.25, -0.2) is 0 Å². The largest absolute Gasteiger partial charge is 0 e. The van der Waals surface area contributed by atoms with Crippen LogP contribution in [0.1, 0.15) is 0 Å². The molecule has 0 bridgehead atoms. The van der Waals surface area contributed by atoms with E-state index in [4.69, 9.17) is 17.5 Å². The summed E-state index contributed by atoms with van der Waals surface area (Å²) in [7, 11) is -4.67. The van der Waals surface area contributed by atoms with Crippen LogP contribution in [-0.2, 0) is 26.9 Å². The molecule has 0 heterocycles. The van der Waals surface area contributed by atoms with Crippen molar-refractivity contribution in [1.82, 2.24) is 0 Å². The SMILES string of the molecule is O.O=S(=O)(O)O.[KH].[Ni]. The first kappa shape index (κ1) is 22.5. The maximum atomic E-state index is 8.74. The molecule has 5 nitrogen and oxygen atoms in total. The molecular weight excluding hydrogens is 210 g/mol. The van der Waals surface area contributed by atoms with Gasteiger partial charge in [-0.3, -0.25) is 9.11 Å². The average molecular weight is 215 g/mol. The second-order valence-corrected chi connectivity index (χ2v) is 1.34. The van der Waals surface area contributed by atoms with Crippen LogP contribution in [0.3, 0.4) is 0 Å². The van der Waals surface area contributed by atoms with Crippen molar-refractivity contribution >= 4 is 61.8 Å². The van der Waals surface area contributed by atoms with E-state index in [2.05, 4.69) is 0 Å². The molecule has 0 aliphatic heterocycles. The van der Waals surface area contributed by atoms with E-state index in [1.807, 2.05) is 0 Å². The smallest absolute Gasteiger partial charge is 0 e. The van der Waals surface area contributed by atoms with Gasteiger partial charge in [0.05, 0.1) is 0 Å². The van der Waals surface area contributed by atoms with E-state index in [0.29, 0.717) is 0 Å². The van der Waals surface area contributed by atoms with Gasteiger partial charge < -0.3 is 5.48 Å². The molecule has 8 heavy (non-hydrogen) atoms. The molecule has 0 spiro atoms. The van der Waals surface area contributed by atoms with E-state index in [-0.39, 0.29) is 73.4 Å². The van der Waals surface area contributed by atoms with Crippen LogP contribution in [-0.4, -0.2) is 74.4 Å². The molecule has 0 aromatic rings. The Labute approximate surface area is 99.5 Å². The first-order valence-electron chi connectivity index (χ1n) is 0.698. The Hall–Kier alpha value is 1.96. The summed E-state index contributed by atoms with van der Waals surface area (Å²) in [5.41, 5.74) is 0. The van der Waals surface area contributed by atoms with E-state index in [1.165, 1.54) is 0 Å². The van der Waals surface area contributed by atoms with Crippen molar-refractivity contribution in [3.05, 3.63) is 0 Å². The molecule has 0 amide bonds. The molecule has 0 saturated heterocycles. The van der Waals surface area contributed by atoms with Crippen LogP contribution in [0.4, 0.5) is 0 Å². The Morgan fingerprint density at radius 2 is 1.12 bits per heavy atom. The summed E-state index contributed by atoms with van der Waals surface area (Å²) < 4.78 is 31.6. The zero-order chi connectivity index (χ0) is 4.50. The van der Waals surface area contributed by atoms with Gasteiger partial charge in [0.15, 0.2) is 0 Å². The third kappa shape index (κ3) is 100. The van der Waals surface area contributed by atoms with Gasteiger partial charge in [-0.2, -0.15) is 8.42 Å². The third-order valence-electron chi connectivity index (χ3n) is 0. The summed E-state index contributed by atoms with van der Waals surface area (Å²) >= 11 is 0. The monoisotopic (exact) mass is 214 g/mol. The second-order valence-electron chi connectivity index (χ2n) is 0.448. The Bertz CT molecular complexity index is 95.6. The van der Waals surface area contributed by atoms with Crippen molar-refractivity contribution in [3.8, 4) is 0 Å². The summed E-state index contributed by atoms with van der Waals surface area (Å²) in [5.74, 6) is 0. The van der Waals surface area contributed by atoms with Crippen molar-refractivity contribution < 1.29 is 39.5 Å². The molecule has 0 atom stereocenters. The van der Waals surface area contributed by atoms with Crippen molar-refractivity contribution in [1.29, 1.82) is 0 Å². The molecule has 0 aliphatic rings. The quantitative estimate of drug-likeness (QED) is 0.355. The van der Waals surface area contributed by atoms with Crippen molar-refractivity contribution in [2.75, 3.05) is 0 Å². The van der Waals surface area contributed by atoms with Crippen LogP contribution in [0.15, 0.2) is 0 Å². The summed E-state index contributed by atoms with van der Waals surface area (Å²) in [6, 6.07) is 0. The molecule has 4 N–H and O–H groups in total. The topological polar surface area (TPSA) is 106 Å². The van der Waals surface area contributed by atoms with Gasteiger partial charge in [0, 0.05) is 16.5 Å². The Kier molecular flexibility index (Phi) is 25.2. The molecule has 0 unspecified atom stereocenters. The molecule has 52 valence electrons. The molecule has 0 aliphatic carbocycles. The van der Waals surface area contributed by atoms with Gasteiger partial charge in [0.25, 0.3) is 0 Å². The van der Waals surface area contributed by atoms with Gasteiger partial charge in [-0.05, 0) is 0 Å². The molecule has 0 aromatic heterocycles. The standard InChI is InChI=1S/K.Ni.H2O4S.H2O.H/c;;1-5(2,3)4;;/h;;(H2,1,2,3,4);1H2;. The zero-order valence-electron chi connectivity index (χ0n) is 2.94. The summed E-state index contributed by atoms with van der Waals surface area (Å²) in [4.78, 5) is 0. The minimum atomic E-state index is -4.67. The first-order chi connectivity index (χ1) is 2.00. The molecule has 0 saturated carbocycles. The fourth-order valence-electron chi connectivity index (χ4n) is 0. The summed E-state index contributed by atoms with van der Waals surface area (Å²) in [6.45, 7) is 0. The van der Waals surface area contributed by atoms with Crippen LogP contribution < -0.4 is 0 Å². The van der Waals surface area contributed by atoms with Crippen molar-refractivity contribution in [2.45, 2.75) is 0 Å². The van der Waals surface area contributed by atoms with Crippen LogP contribution in [0.25, 0.3) is 0 Å². The normalized spacial score (nSPS) is 7.25. The van der Waals surface area contributed by atoms with Gasteiger partial charge in [0.2, 0.25) is 0 Å². The zero-order valence-corrected chi connectivity index (χ0v) is 4.74. The number of hydrogen-bond acceptors (Lipinski definition) is 2. The molecule has 0 fully saturated rings. The molecular formula is H5KNiO5S.